The molecule has 33 heavy (non-hydrogen) atoms. The molecule has 2 atom stereocenters. The molecule has 9 heteroatoms. The van der Waals surface area contributed by atoms with E-state index in [1.165, 1.54) is 16.8 Å². The number of rotatable bonds is 3. The topological polar surface area (TPSA) is 93.4 Å². The maximum absolute atomic E-state index is 9.55. The van der Waals surface area contributed by atoms with E-state index in [1.54, 1.807) is 0 Å². The van der Waals surface area contributed by atoms with Gasteiger partial charge in [0.2, 0.25) is 0 Å². The van der Waals surface area contributed by atoms with Crippen LogP contribution in [-0.4, -0.2) is 58.7 Å². The second-order valence-corrected chi connectivity index (χ2v) is 8.79. The molecule has 3 aliphatic heterocycles. The van der Waals surface area contributed by atoms with Crippen LogP contribution in [0.1, 0.15) is 29.9 Å². The summed E-state index contributed by atoms with van der Waals surface area (Å²) < 4.78 is 0. The number of nitrogens with zero attached hydrogens (tertiary/aromatic N) is 3. The SMILES string of the molecule is Clc1ccc(C2CCN3c4ccccc4C4=NCCCN4C23)c(Cl)c1.O=C(O)/C=C/C(=O)O. The second kappa shape index (κ2) is 9.85. The van der Waals surface area contributed by atoms with Crippen molar-refractivity contribution >= 4 is 46.7 Å². The van der Waals surface area contributed by atoms with Crippen molar-refractivity contribution in [2.24, 2.45) is 4.99 Å². The van der Waals surface area contributed by atoms with Crippen LogP contribution in [0, 0.1) is 0 Å². The highest BCUT2D eigenvalue weighted by molar-refractivity contribution is 6.35. The number of fused-ring (bicyclic) bond motifs is 6. The molecule has 2 aromatic rings. The monoisotopic (exact) mass is 487 g/mol. The van der Waals surface area contributed by atoms with Gasteiger partial charge >= 0.3 is 11.9 Å². The lowest BCUT2D eigenvalue weighted by molar-refractivity contribution is -0.134. The van der Waals surface area contributed by atoms with Gasteiger partial charge in [0.15, 0.2) is 0 Å². The van der Waals surface area contributed by atoms with Gasteiger partial charge in [0.1, 0.15) is 12.0 Å². The summed E-state index contributed by atoms with van der Waals surface area (Å²) in [5.74, 6) is -0.999. The van der Waals surface area contributed by atoms with Gasteiger partial charge in [0.05, 0.1) is 0 Å². The molecule has 1 fully saturated rings. The lowest BCUT2D eigenvalue weighted by Gasteiger charge is -2.47. The van der Waals surface area contributed by atoms with Crippen LogP contribution < -0.4 is 4.90 Å². The van der Waals surface area contributed by atoms with Crippen molar-refractivity contribution in [2.75, 3.05) is 24.5 Å². The summed E-state index contributed by atoms with van der Waals surface area (Å²) in [5.41, 5.74) is 3.76. The fraction of sp³-hybridized carbons (Fsp3) is 0.292. The van der Waals surface area contributed by atoms with Crippen LogP contribution in [0.5, 0.6) is 0 Å². The first-order chi connectivity index (χ1) is 15.9. The number of carbonyl (C=O) groups is 2. The van der Waals surface area contributed by atoms with E-state index in [-0.39, 0.29) is 6.17 Å². The third-order valence-electron chi connectivity index (χ3n) is 5.96. The van der Waals surface area contributed by atoms with Crippen LogP contribution in [0.2, 0.25) is 10.0 Å². The number of hydrogen-bond donors (Lipinski definition) is 2. The highest BCUT2D eigenvalue weighted by Crippen LogP contribution is 2.45. The number of halogens is 2. The normalized spacial score (nSPS) is 20.8. The minimum Gasteiger partial charge on any atom is -0.478 e. The van der Waals surface area contributed by atoms with Crippen LogP contribution >= 0.6 is 23.2 Å². The van der Waals surface area contributed by atoms with Gasteiger partial charge in [-0.05, 0) is 42.7 Å². The number of aliphatic carboxylic acids is 2. The summed E-state index contributed by atoms with van der Waals surface area (Å²) in [7, 11) is 0. The molecule has 0 aliphatic carbocycles. The quantitative estimate of drug-likeness (QED) is 0.619. The summed E-state index contributed by atoms with van der Waals surface area (Å²) >= 11 is 12.7. The first kappa shape index (κ1) is 23.1. The predicted molar refractivity (Wildman–Crippen MR) is 129 cm³/mol. The molecule has 2 N–H and O–H groups in total. The van der Waals surface area contributed by atoms with E-state index >= 15 is 0 Å². The molecular weight excluding hydrogens is 465 g/mol. The lowest BCUT2D eigenvalue weighted by Crippen LogP contribution is -2.56. The average molecular weight is 488 g/mol. The van der Waals surface area contributed by atoms with Gasteiger partial charge in [0, 0.05) is 59.0 Å². The molecule has 0 radical (unpaired) electrons. The van der Waals surface area contributed by atoms with Crippen molar-refractivity contribution in [3.05, 3.63) is 75.8 Å². The van der Waals surface area contributed by atoms with Crippen molar-refractivity contribution in [2.45, 2.75) is 24.9 Å². The van der Waals surface area contributed by atoms with E-state index in [1.807, 2.05) is 12.1 Å². The minimum atomic E-state index is -1.26. The van der Waals surface area contributed by atoms with Gasteiger partial charge in [0.25, 0.3) is 0 Å². The molecule has 7 nitrogen and oxygen atoms in total. The van der Waals surface area contributed by atoms with E-state index in [0.29, 0.717) is 23.1 Å². The van der Waals surface area contributed by atoms with Crippen molar-refractivity contribution in [3.8, 4) is 0 Å². The third-order valence-corrected chi connectivity index (χ3v) is 6.52. The third kappa shape index (κ3) is 4.84. The molecule has 2 unspecified atom stereocenters. The smallest absolute Gasteiger partial charge is 0.328 e. The number of carboxylic acid groups (broad SMARTS) is 2. The Morgan fingerprint density at radius 2 is 1.73 bits per heavy atom. The van der Waals surface area contributed by atoms with Crippen LogP contribution in [0.25, 0.3) is 0 Å². The van der Waals surface area contributed by atoms with Crippen molar-refractivity contribution in [3.63, 3.8) is 0 Å². The Morgan fingerprint density at radius 1 is 1.00 bits per heavy atom. The Morgan fingerprint density at radius 3 is 2.42 bits per heavy atom. The Hall–Kier alpha value is -3.03. The molecule has 0 spiro atoms. The Labute approximate surface area is 201 Å². The Kier molecular flexibility index (Phi) is 6.91. The van der Waals surface area contributed by atoms with E-state index < -0.39 is 11.9 Å². The summed E-state index contributed by atoms with van der Waals surface area (Å²) in [6, 6.07) is 14.6. The van der Waals surface area contributed by atoms with Crippen molar-refractivity contribution < 1.29 is 19.8 Å². The fourth-order valence-corrected chi connectivity index (χ4v) is 5.27. The largest absolute Gasteiger partial charge is 0.478 e. The van der Waals surface area contributed by atoms with E-state index in [4.69, 9.17) is 38.4 Å². The van der Waals surface area contributed by atoms with E-state index in [9.17, 15) is 9.59 Å². The predicted octanol–water partition coefficient (Wildman–Crippen LogP) is 4.49. The Bertz CT molecular complexity index is 1120. The molecule has 5 rings (SSSR count). The number of anilines is 1. The summed E-state index contributed by atoms with van der Waals surface area (Å²) in [5, 5.41) is 17.1. The molecule has 2 aromatic carbocycles. The van der Waals surface area contributed by atoms with Gasteiger partial charge in [-0.2, -0.15) is 0 Å². The zero-order chi connectivity index (χ0) is 23.5. The fourth-order valence-electron chi connectivity index (χ4n) is 4.72. The van der Waals surface area contributed by atoms with E-state index in [2.05, 4.69) is 40.1 Å². The number of carboxylic acids is 2. The zero-order valence-electron chi connectivity index (χ0n) is 17.7. The van der Waals surface area contributed by atoms with Crippen molar-refractivity contribution in [1.82, 2.24) is 4.90 Å². The minimum absolute atomic E-state index is 0.285. The lowest BCUT2D eigenvalue weighted by atomic mass is 9.92. The molecule has 172 valence electrons. The molecule has 0 amide bonds. The average Bonchev–Trinajstić information content (AvgIpc) is 3.24. The molecular formula is C24H23Cl2N3O4. The van der Waals surface area contributed by atoms with Crippen LogP contribution in [-0.2, 0) is 9.59 Å². The summed E-state index contributed by atoms with van der Waals surface area (Å²) in [4.78, 5) is 29.0. The van der Waals surface area contributed by atoms with Gasteiger partial charge in [-0.15, -0.1) is 0 Å². The van der Waals surface area contributed by atoms with Gasteiger partial charge in [-0.1, -0.05) is 41.4 Å². The molecule has 3 heterocycles. The maximum Gasteiger partial charge on any atom is 0.328 e. The molecule has 0 aromatic heterocycles. The molecule has 3 aliphatic rings. The van der Waals surface area contributed by atoms with Crippen LogP contribution in [0.3, 0.4) is 0 Å². The van der Waals surface area contributed by atoms with Crippen LogP contribution in [0.4, 0.5) is 5.69 Å². The number of aliphatic imine (C=N–C) groups is 1. The van der Waals surface area contributed by atoms with Gasteiger partial charge < -0.3 is 20.0 Å². The highest BCUT2D eigenvalue weighted by atomic mass is 35.5. The molecule has 0 saturated carbocycles. The van der Waals surface area contributed by atoms with Gasteiger partial charge in [-0.3, -0.25) is 4.99 Å². The van der Waals surface area contributed by atoms with E-state index in [0.717, 1.165) is 43.3 Å². The maximum atomic E-state index is 9.55. The number of benzene rings is 2. The first-order valence-electron chi connectivity index (χ1n) is 10.6. The molecule has 1 saturated heterocycles. The van der Waals surface area contributed by atoms with Gasteiger partial charge in [-0.25, -0.2) is 9.59 Å². The highest BCUT2D eigenvalue weighted by Gasteiger charge is 2.45. The summed E-state index contributed by atoms with van der Waals surface area (Å²) in [6.45, 7) is 3.00. The first-order valence-corrected chi connectivity index (χ1v) is 11.4. The summed E-state index contributed by atoms with van der Waals surface area (Å²) in [6.07, 6.45) is 3.60. The number of amidine groups is 1. The van der Waals surface area contributed by atoms with Crippen molar-refractivity contribution in [1.29, 1.82) is 0 Å². The number of hydrogen-bond acceptors (Lipinski definition) is 5. The molecule has 0 bridgehead atoms. The zero-order valence-corrected chi connectivity index (χ0v) is 19.2. The standard InChI is InChI=1S/C20H19Cl2N3.C4H4O4/c21-13-6-7-14(17(22)12-13)15-8-11-24-18-5-2-1-4-16(18)19-23-9-3-10-25(19)20(15)24;5-3(6)1-2-4(7)8/h1-2,4-7,12,15,20H,3,8-11H2;1-2H,(H,5,6)(H,7,8)/b;2-1+. The van der Waals surface area contributed by atoms with Crippen LogP contribution in [0.15, 0.2) is 59.6 Å². The Balaban J connectivity index is 0.000000281. The number of para-hydroxylation sites is 1. The second-order valence-electron chi connectivity index (χ2n) is 7.95.